The summed E-state index contributed by atoms with van der Waals surface area (Å²) in [4.78, 5) is 5.64. The van der Waals surface area contributed by atoms with Crippen molar-refractivity contribution >= 4 is 11.8 Å². The zero-order chi connectivity index (χ0) is 7.84. The first-order chi connectivity index (χ1) is 5.27. The van der Waals surface area contributed by atoms with Gasteiger partial charge in [0.25, 0.3) is 0 Å². The van der Waals surface area contributed by atoms with Crippen LogP contribution in [0.4, 0.5) is 0 Å². The second kappa shape index (κ2) is 2.52. The van der Waals surface area contributed by atoms with E-state index in [4.69, 9.17) is 0 Å². The summed E-state index contributed by atoms with van der Waals surface area (Å²) in [6.45, 7) is 4.33. The van der Waals surface area contributed by atoms with Crippen LogP contribution in [0.25, 0.3) is 0 Å². The van der Waals surface area contributed by atoms with Crippen molar-refractivity contribution in [2.24, 2.45) is 0 Å². The van der Waals surface area contributed by atoms with Crippen molar-refractivity contribution in [3.63, 3.8) is 0 Å². The summed E-state index contributed by atoms with van der Waals surface area (Å²) >= 11 is 1.92. The minimum absolute atomic E-state index is 0.719. The summed E-state index contributed by atoms with van der Waals surface area (Å²) in [5.74, 6) is 1.94. The highest BCUT2D eigenvalue weighted by molar-refractivity contribution is 7.99. The molecular formula is C9H11NS. The molecule has 1 nitrogen and oxygen atoms in total. The van der Waals surface area contributed by atoms with Crippen LogP contribution < -0.4 is 0 Å². The van der Waals surface area contributed by atoms with E-state index in [1.54, 1.807) is 0 Å². The van der Waals surface area contributed by atoms with E-state index in [9.17, 15) is 0 Å². The number of aryl methyl sites for hydroxylation is 1. The molecule has 0 spiro atoms. The molecule has 0 bridgehead atoms. The Bertz CT molecular complexity index is 283. The fourth-order valence-electron chi connectivity index (χ4n) is 1.38. The lowest BCUT2D eigenvalue weighted by molar-refractivity contribution is 0.871. The fraction of sp³-hybridized carbons (Fsp3) is 0.444. The molecule has 1 aromatic rings. The Morgan fingerprint density at radius 1 is 1.64 bits per heavy atom. The molecule has 0 aliphatic carbocycles. The van der Waals surface area contributed by atoms with Crippen molar-refractivity contribution < 1.29 is 0 Å². The van der Waals surface area contributed by atoms with E-state index in [1.807, 2.05) is 18.0 Å². The van der Waals surface area contributed by atoms with Gasteiger partial charge in [0.05, 0.1) is 0 Å². The maximum absolute atomic E-state index is 4.26. The van der Waals surface area contributed by atoms with E-state index < -0.39 is 0 Å². The maximum atomic E-state index is 4.26. The second-order valence-electron chi connectivity index (χ2n) is 3.08. The normalized spacial score (nSPS) is 21.8. The fourth-order valence-corrected chi connectivity index (χ4v) is 2.54. The molecule has 2 heterocycles. The van der Waals surface area contributed by atoms with Crippen LogP contribution in [-0.2, 0) is 0 Å². The Morgan fingerprint density at radius 3 is 3.27 bits per heavy atom. The summed E-state index contributed by atoms with van der Waals surface area (Å²) < 4.78 is 0. The molecule has 0 amide bonds. The molecule has 1 unspecified atom stereocenters. The van der Waals surface area contributed by atoms with Gasteiger partial charge in [-0.05, 0) is 24.5 Å². The molecule has 2 heteroatoms. The van der Waals surface area contributed by atoms with Crippen LogP contribution in [0.2, 0.25) is 0 Å². The number of rotatable bonds is 0. The van der Waals surface area contributed by atoms with E-state index in [1.165, 1.54) is 16.2 Å². The third-order valence-corrected chi connectivity index (χ3v) is 3.37. The Labute approximate surface area is 71.2 Å². The van der Waals surface area contributed by atoms with Gasteiger partial charge < -0.3 is 0 Å². The number of nitrogens with zero attached hydrogens (tertiary/aromatic N) is 1. The van der Waals surface area contributed by atoms with Gasteiger partial charge in [-0.2, -0.15) is 0 Å². The summed E-state index contributed by atoms with van der Waals surface area (Å²) in [6, 6.07) is 2.21. The first-order valence-electron chi connectivity index (χ1n) is 3.86. The van der Waals surface area contributed by atoms with Crippen LogP contribution in [0, 0.1) is 6.92 Å². The molecule has 2 rings (SSSR count). The van der Waals surface area contributed by atoms with Crippen LogP contribution in [-0.4, -0.2) is 10.7 Å². The number of hydrogen-bond acceptors (Lipinski definition) is 2. The van der Waals surface area contributed by atoms with Crippen molar-refractivity contribution in [1.29, 1.82) is 0 Å². The number of thioether (sulfide) groups is 1. The van der Waals surface area contributed by atoms with Crippen LogP contribution in [0.1, 0.15) is 24.1 Å². The van der Waals surface area contributed by atoms with Crippen molar-refractivity contribution in [2.45, 2.75) is 24.7 Å². The summed E-state index contributed by atoms with van der Waals surface area (Å²) in [6.07, 6.45) is 2.00. The molecule has 1 aliphatic heterocycles. The summed E-state index contributed by atoms with van der Waals surface area (Å²) in [5, 5.41) is 0. The molecule has 0 radical (unpaired) electrons. The zero-order valence-corrected chi connectivity index (χ0v) is 7.61. The lowest BCUT2D eigenvalue weighted by Gasteiger charge is -2.02. The minimum Gasteiger partial charge on any atom is -0.260 e. The average molecular weight is 165 g/mol. The third kappa shape index (κ3) is 1.16. The molecule has 0 saturated heterocycles. The SMILES string of the molecule is Cc1cc2c(cn1)SCC2C. The van der Waals surface area contributed by atoms with E-state index >= 15 is 0 Å². The van der Waals surface area contributed by atoms with Crippen LogP contribution in [0.3, 0.4) is 0 Å². The second-order valence-corrected chi connectivity index (χ2v) is 4.14. The zero-order valence-electron chi connectivity index (χ0n) is 6.79. The third-order valence-electron chi connectivity index (χ3n) is 2.05. The molecule has 0 aromatic carbocycles. The number of pyridine rings is 1. The average Bonchev–Trinajstić information content (AvgIpc) is 2.33. The smallest absolute Gasteiger partial charge is 0.0410 e. The number of hydrogen-bond donors (Lipinski definition) is 0. The van der Waals surface area contributed by atoms with Crippen molar-refractivity contribution in [3.8, 4) is 0 Å². The molecule has 0 saturated carbocycles. The van der Waals surface area contributed by atoms with Crippen LogP contribution in [0.5, 0.6) is 0 Å². The highest BCUT2D eigenvalue weighted by Crippen LogP contribution is 2.38. The largest absolute Gasteiger partial charge is 0.260 e. The molecule has 1 aromatic heterocycles. The number of aromatic nitrogens is 1. The molecule has 58 valence electrons. The predicted octanol–water partition coefficient (Wildman–Crippen LogP) is 2.60. The van der Waals surface area contributed by atoms with Crippen molar-refractivity contribution in [3.05, 3.63) is 23.5 Å². The molecule has 0 N–H and O–H groups in total. The molecule has 11 heavy (non-hydrogen) atoms. The van der Waals surface area contributed by atoms with Gasteiger partial charge in [0.15, 0.2) is 0 Å². The Kier molecular flexibility index (Phi) is 1.64. The Morgan fingerprint density at radius 2 is 2.45 bits per heavy atom. The van der Waals surface area contributed by atoms with Gasteiger partial charge in [0.1, 0.15) is 0 Å². The molecule has 1 aliphatic rings. The van der Waals surface area contributed by atoms with Crippen molar-refractivity contribution in [2.75, 3.05) is 5.75 Å². The van der Waals surface area contributed by atoms with Gasteiger partial charge in [-0.1, -0.05) is 6.92 Å². The van der Waals surface area contributed by atoms with Crippen LogP contribution >= 0.6 is 11.8 Å². The summed E-state index contributed by atoms with van der Waals surface area (Å²) in [5.41, 5.74) is 2.63. The van der Waals surface area contributed by atoms with E-state index in [0.717, 1.165) is 11.6 Å². The van der Waals surface area contributed by atoms with Gasteiger partial charge in [-0.25, -0.2) is 0 Å². The minimum atomic E-state index is 0.719. The van der Waals surface area contributed by atoms with Crippen molar-refractivity contribution in [1.82, 2.24) is 4.98 Å². The lowest BCUT2D eigenvalue weighted by atomic mass is 10.0. The quantitative estimate of drug-likeness (QED) is 0.586. The molecular weight excluding hydrogens is 154 g/mol. The Balaban J connectivity index is 2.52. The van der Waals surface area contributed by atoms with Gasteiger partial charge in [-0.15, -0.1) is 11.8 Å². The maximum Gasteiger partial charge on any atom is 0.0410 e. The van der Waals surface area contributed by atoms with E-state index in [0.29, 0.717) is 0 Å². The van der Waals surface area contributed by atoms with Crippen LogP contribution in [0.15, 0.2) is 17.2 Å². The highest BCUT2D eigenvalue weighted by atomic mass is 32.2. The van der Waals surface area contributed by atoms with Gasteiger partial charge in [-0.3, -0.25) is 4.98 Å². The molecule has 0 fully saturated rings. The van der Waals surface area contributed by atoms with E-state index in [-0.39, 0.29) is 0 Å². The monoisotopic (exact) mass is 165 g/mol. The summed E-state index contributed by atoms with van der Waals surface area (Å²) in [7, 11) is 0. The van der Waals surface area contributed by atoms with E-state index in [2.05, 4.69) is 24.9 Å². The first-order valence-corrected chi connectivity index (χ1v) is 4.85. The first kappa shape index (κ1) is 7.17. The lowest BCUT2D eigenvalue weighted by Crippen LogP contribution is -1.91. The van der Waals surface area contributed by atoms with Gasteiger partial charge in [0, 0.05) is 22.5 Å². The topological polar surface area (TPSA) is 12.9 Å². The predicted molar refractivity (Wildman–Crippen MR) is 48.1 cm³/mol. The Hall–Kier alpha value is -0.500. The number of fused-ring (bicyclic) bond motifs is 1. The standard InChI is InChI=1S/C9H11NS/c1-6-5-11-9-4-10-7(2)3-8(6)9/h3-4,6H,5H2,1-2H3. The van der Waals surface area contributed by atoms with Gasteiger partial charge in [0.2, 0.25) is 0 Å². The molecule has 1 atom stereocenters. The highest BCUT2D eigenvalue weighted by Gasteiger charge is 2.18. The van der Waals surface area contributed by atoms with Gasteiger partial charge >= 0.3 is 0 Å².